The van der Waals surface area contributed by atoms with Crippen LogP contribution in [0.1, 0.15) is 30.1 Å². The highest BCUT2D eigenvalue weighted by Crippen LogP contribution is 2.24. The molecule has 1 aromatic carbocycles. The molecule has 2 heterocycles. The minimum Gasteiger partial charge on any atom is -0.353 e. The second kappa shape index (κ2) is 7.13. The van der Waals surface area contributed by atoms with Crippen LogP contribution in [0.15, 0.2) is 29.2 Å². The summed E-state index contributed by atoms with van der Waals surface area (Å²) >= 11 is 0. The van der Waals surface area contributed by atoms with Crippen LogP contribution in [0.25, 0.3) is 0 Å². The van der Waals surface area contributed by atoms with Gasteiger partial charge in [-0.25, -0.2) is 8.42 Å². The lowest BCUT2D eigenvalue weighted by Gasteiger charge is -2.30. The molecule has 136 valence electrons. The Morgan fingerprint density at radius 2 is 2.08 bits per heavy atom. The zero-order valence-electron chi connectivity index (χ0n) is 14.3. The van der Waals surface area contributed by atoms with E-state index in [2.05, 4.69) is 5.32 Å². The van der Waals surface area contributed by atoms with Gasteiger partial charge in [0, 0.05) is 31.7 Å². The van der Waals surface area contributed by atoms with Crippen LogP contribution >= 0.6 is 0 Å². The Balaban J connectivity index is 1.83. The molecule has 2 amide bonds. The van der Waals surface area contributed by atoms with Crippen molar-refractivity contribution >= 4 is 21.8 Å². The van der Waals surface area contributed by atoms with Crippen LogP contribution in [0.2, 0.25) is 0 Å². The number of benzene rings is 1. The van der Waals surface area contributed by atoms with E-state index in [1.165, 1.54) is 21.3 Å². The van der Waals surface area contributed by atoms with Crippen LogP contribution in [0.4, 0.5) is 0 Å². The van der Waals surface area contributed by atoms with Gasteiger partial charge in [-0.15, -0.1) is 0 Å². The maximum atomic E-state index is 12.9. The predicted molar refractivity (Wildman–Crippen MR) is 92.5 cm³/mol. The number of rotatable bonds is 3. The van der Waals surface area contributed by atoms with Crippen molar-refractivity contribution in [3.8, 4) is 0 Å². The van der Waals surface area contributed by atoms with Crippen LogP contribution in [0.3, 0.4) is 0 Å². The number of carbonyl (C=O) groups is 2. The first-order valence-corrected chi connectivity index (χ1v) is 9.98. The van der Waals surface area contributed by atoms with Gasteiger partial charge in [-0.05, 0) is 37.0 Å². The Kier molecular flexibility index (Phi) is 5.10. The predicted octanol–water partition coefficient (Wildman–Crippen LogP) is 0.679. The summed E-state index contributed by atoms with van der Waals surface area (Å²) in [5, 5.41) is 2.67. The van der Waals surface area contributed by atoms with Crippen molar-refractivity contribution < 1.29 is 18.0 Å². The number of hydrogen-bond donors (Lipinski definition) is 1. The summed E-state index contributed by atoms with van der Waals surface area (Å²) < 4.78 is 27.2. The number of hydrogen-bond acceptors (Lipinski definition) is 4. The van der Waals surface area contributed by atoms with Gasteiger partial charge in [0.05, 0.1) is 11.4 Å². The van der Waals surface area contributed by atoms with Crippen LogP contribution < -0.4 is 5.32 Å². The minimum absolute atomic E-state index is 0.000545. The SMILES string of the molecule is C[C@@H]1CCCN(S(=O)(=O)c2cccc(C(=O)N3CCNC(=O)C3)c2)C1. The third-order valence-electron chi connectivity index (χ3n) is 4.66. The lowest BCUT2D eigenvalue weighted by Crippen LogP contribution is -2.50. The van der Waals surface area contributed by atoms with Crippen molar-refractivity contribution in [2.75, 3.05) is 32.7 Å². The molecule has 0 aromatic heterocycles. The highest BCUT2D eigenvalue weighted by atomic mass is 32.2. The number of piperidine rings is 1. The van der Waals surface area contributed by atoms with Crippen molar-refractivity contribution in [1.82, 2.24) is 14.5 Å². The Bertz CT molecular complexity index is 778. The van der Waals surface area contributed by atoms with E-state index in [1.54, 1.807) is 12.1 Å². The lowest BCUT2D eigenvalue weighted by atomic mass is 10.0. The molecule has 1 atom stereocenters. The molecule has 2 aliphatic rings. The molecule has 0 unspecified atom stereocenters. The average molecular weight is 365 g/mol. The summed E-state index contributed by atoms with van der Waals surface area (Å²) in [5.41, 5.74) is 0.292. The van der Waals surface area contributed by atoms with Crippen molar-refractivity contribution in [3.63, 3.8) is 0 Å². The van der Waals surface area contributed by atoms with E-state index in [9.17, 15) is 18.0 Å². The summed E-state index contributed by atoms with van der Waals surface area (Å²) in [7, 11) is -3.61. The van der Waals surface area contributed by atoms with Crippen molar-refractivity contribution in [1.29, 1.82) is 0 Å². The highest BCUT2D eigenvalue weighted by molar-refractivity contribution is 7.89. The summed E-state index contributed by atoms with van der Waals surface area (Å²) in [5.74, 6) is -0.190. The van der Waals surface area contributed by atoms with Gasteiger partial charge in [-0.2, -0.15) is 4.31 Å². The van der Waals surface area contributed by atoms with Gasteiger partial charge < -0.3 is 10.2 Å². The molecule has 3 rings (SSSR count). The molecule has 0 radical (unpaired) electrons. The number of nitrogens with one attached hydrogen (secondary N) is 1. The second-order valence-electron chi connectivity index (χ2n) is 6.71. The van der Waals surface area contributed by atoms with E-state index in [0.717, 1.165) is 12.8 Å². The third kappa shape index (κ3) is 3.85. The van der Waals surface area contributed by atoms with Gasteiger partial charge in [0.1, 0.15) is 0 Å². The number of sulfonamides is 1. The van der Waals surface area contributed by atoms with E-state index >= 15 is 0 Å². The Hall–Kier alpha value is -1.93. The monoisotopic (exact) mass is 365 g/mol. The number of nitrogens with zero attached hydrogens (tertiary/aromatic N) is 2. The van der Waals surface area contributed by atoms with E-state index in [0.29, 0.717) is 37.7 Å². The van der Waals surface area contributed by atoms with E-state index in [4.69, 9.17) is 0 Å². The van der Waals surface area contributed by atoms with E-state index in [-0.39, 0.29) is 23.3 Å². The molecule has 2 fully saturated rings. The Labute approximate surface area is 148 Å². The van der Waals surface area contributed by atoms with Crippen LogP contribution in [-0.4, -0.2) is 62.2 Å². The highest BCUT2D eigenvalue weighted by Gasteiger charge is 2.30. The first kappa shape index (κ1) is 17.9. The molecule has 8 heteroatoms. The second-order valence-corrected chi connectivity index (χ2v) is 8.65. The molecule has 0 bridgehead atoms. The van der Waals surface area contributed by atoms with Gasteiger partial charge in [0.15, 0.2) is 0 Å². The van der Waals surface area contributed by atoms with E-state index in [1.807, 2.05) is 6.92 Å². The standard InChI is InChI=1S/C17H23N3O4S/c1-13-4-3-8-20(11-13)25(23,24)15-6-2-5-14(10-15)17(22)19-9-7-18-16(21)12-19/h2,5-6,10,13H,3-4,7-9,11-12H2,1H3,(H,18,21)/t13-/m1/s1. The average Bonchev–Trinajstić information content (AvgIpc) is 2.61. The molecule has 1 aromatic rings. The normalized spacial score (nSPS) is 22.5. The summed E-state index contributed by atoms with van der Waals surface area (Å²) in [6, 6.07) is 6.11. The van der Waals surface area contributed by atoms with Gasteiger partial charge >= 0.3 is 0 Å². The maximum absolute atomic E-state index is 12.9. The van der Waals surface area contributed by atoms with Gasteiger partial charge in [-0.1, -0.05) is 13.0 Å². The third-order valence-corrected chi connectivity index (χ3v) is 6.53. The summed E-state index contributed by atoms with van der Waals surface area (Å²) in [6.07, 6.45) is 1.88. The number of amides is 2. The summed E-state index contributed by atoms with van der Waals surface area (Å²) in [4.78, 5) is 25.6. The Morgan fingerprint density at radius 1 is 1.28 bits per heavy atom. The van der Waals surface area contributed by atoms with Crippen LogP contribution in [-0.2, 0) is 14.8 Å². The molecule has 0 spiro atoms. The molecule has 0 saturated carbocycles. The first-order valence-electron chi connectivity index (χ1n) is 8.54. The number of carbonyl (C=O) groups excluding carboxylic acids is 2. The molecular weight excluding hydrogens is 342 g/mol. The fourth-order valence-corrected chi connectivity index (χ4v) is 4.94. The van der Waals surface area contributed by atoms with Crippen LogP contribution in [0.5, 0.6) is 0 Å². The van der Waals surface area contributed by atoms with Gasteiger partial charge in [0.25, 0.3) is 5.91 Å². The Morgan fingerprint density at radius 3 is 2.80 bits per heavy atom. The van der Waals surface area contributed by atoms with Crippen molar-refractivity contribution in [2.24, 2.45) is 5.92 Å². The smallest absolute Gasteiger partial charge is 0.254 e. The van der Waals surface area contributed by atoms with Crippen molar-refractivity contribution in [2.45, 2.75) is 24.7 Å². The first-order chi connectivity index (χ1) is 11.9. The van der Waals surface area contributed by atoms with Gasteiger partial charge in [0.2, 0.25) is 15.9 Å². The zero-order chi connectivity index (χ0) is 18.0. The zero-order valence-corrected chi connectivity index (χ0v) is 15.1. The molecule has 7 nitrogen and oxygen atoms in total. The molecular formula is C17H23N3O4S. The molecule has 2 saturated heterocycles. The molecule has 0 aliphatic carbocycles. The van der Waals surface area contributed by atoms with Gasteiger partial charge in [-0.3, -0.25) is 9.59 Å². The largest absolute Gasteiger partial charge is 0.353 e. The van der Waals surface area contributed by atoms with Crippen molar-refractivity contribution in [3.05, 3.63) is 29.8 Å². The molecule has 2 aliphatic heterocycles. The van der Waals surface area contributed by atoms with E-state index < -0.39 is 10.0 Å². The minimum atomic E-state index is -3.61. The lowest BCUT2D eigenvalue weighted by molar-refractivity contribution is -0.123. The molecule has 25 heavy (non-hydrogen) atoms. The fourth-order valence-electron chi connectivity index (χ4n) is 3.30. The fraction of sp³-hybridized carbons (Fsp3) is 0.529. The topological polar surface area (TPSA) is 86.8 Å². The molecule has 1 N–H and O–H groups in total. The van der Waals surface area contributed by atoms with Crippen LogP contribution in [0, 0.1) is 5.92 Å². The quantitative estimate of drug-likeness (QED) is 0.853. The number of piperazine rings is 1. The summed E-state index contributed by atoms with van der Waals surface area (Å²) in [6.45, 7) is 3.89. The maximum Gasteiger partial charge on any atom is 0.254 e.